The number of nitrogens with one attached hydrogen (secondary N) is 1. The molecule has 1 amide bonds. The van der Waals surface area contributed by atoms with Crippen LogP contribution in [0, 0.1) is 0 Å². The van der Waals surface area contributed by atoms with Crippen molar-refractivity contribution in [3.05, 3.63) is 82.3 Å². The Hall–Kier alpha value is -3.41. The first-order valence-electron chi connectivity index (χ1n) is 7.21. The minimum absolute atomic E-state index is 0.00736. The Labute approximate surface area is 137 Å². The number of nitrogens with zero attached hydrogens (tertiary/aromatic N) is 1. The number of pyridine rings is 2. The average Bonchev–Trinajstić information content (AvgIpc) is 2.64. The number of ether oxygens (including phenoxy) is 1. The van der Waals surface area contributed by atoms with E-state index in [2.05, 4.69) is 5.32 Å². The van der Waals surface area contributed by atoms with E-state index in [1.54, 1.807) is 48.5 Å². The van der Waals surface area contributed by atoms with Crippen LogP contribution >= 0.6 is 0 Å². The Morgan fingerprint density at radius 3 is 2.46 bits per heavy atom. The van der Waals surface area contributed by atoms with E-state index in [1.807, 2.05) is 0 Å². The Balaban J connectivity index is 2.11. The molecule has 2 heterocycles. The van der Waals surface area contributed by atoms with E-state index in [4.69, 9.17) is 4.74 Å². The molecule has 120 valence electrons. The quantitative estimate of drug-likeness (QED) is 0.751. The summed E-state index contributed by atoms with van der Waals surface area (Å²) in [5.41, 5.74) is 0.596. The molecular formula is C18H14N2O4. The van der Waals surface area contributed by atoms with Crippen molar-refractivity contribution in [3.63, 3.8) is 0 Å². The van der Waals surface area contributed by atoms with Crippen molar-refractivity contribution < 1.29 is 14.3 Å². The number of hydrogen-bond acceptors (Lipinski definition) is 4. The molecular weight excluding hydrogens is 308 g/mol. The van der Waals surface area contributed by atoms with E-state index in [0.717, 1.165) is 0 Å². The number of fused-ring (bicyclic) bond motifs is 1. The van der Waals surface area contributed by atoms with Gasteiger partial charge in [0.15, 0.2) is 0 Å². The Kier molecular flexibility index (Phi) is 4.11. The van der Waals surface area contributed by atoms with E-state index in [0.29, 0.717) is 11.1 Å². The van der Waals surface area contributed by atoms with E-state index in [1.165, 1.54) is 23.8 Å². The van der Waals surface area contributed by atoms with Crippen LogP contribution in [0.15, 0.2) is 65.6 Å². The van der Waals surface area contributed by atoms with E-state index >= 15 is 0 Å². The molecule has 0 bridgehead atoms. The number of esters is 1. The molecule has 6 heteroatoms. The summed E-state index contributed by atoms with van der Waals surface area (Å²) in [5.74, 6) is -1.02. The van der Waals surface area contributed by atoms with Crippen molar-refractivity contribution in [1.29, 1.82) is 0 Å². The third-order valence-corrected chi connectivity index (χ3v) is 3.56. The molecule has 0 radical (unpaired) electrons. The molecule has 3 aromatic rings. The van der Waals surface area contributed by atoms with Crippen molar-refractivity contribution in [2.45, 2.75) is 0 Å². The van der Waals surface area contributed by atoms with Gasteiger partial charge < -0.3 is 10.1 Å². The first kappa shape index (κ1) is 15.5. The van der Waals surface area contributed by atoms with Crippen LogP contribution in [0.25, 0.3) is 5.52 Å². The molecule has 6 nitrogen and oxygen atoms in total. The van der Waals surface area contributed by atoms with Gasteiger partial charge in [-0.25, -0.2) is 4.79 Å². The minimum Gasteiger partial charge on any atom is -0.465 e. The highest BCUT2D eigenvalue weighted by atomic mass is 16.5. The highest BCUT2D eigenvalue weighted by Gasteiger charge is 2.17. The molecule has 1 N–H and O–H groups in total. The maximum absolute atomic E-state index is 12.6. The molecule has 0 saturated heterocycles. The summed E-state index contributed by atoms with van der Waals surface area (Å²) in [6, 6.07) is 14.9. The van der Waals surface area contributed by atoms with Crippen LogP contribution in [0.3, 0.4) is 0 Å². The second kappa shape index (κ2) is 6.37. The lowest BCUT2D eigenvalue weighted by atomic mass is 10.1. The van der Waals surface area contributed by atoms with Gasteiger partial charge in [-0.05, 0) is 30.3 Å². The number of hydrogen-bond donors (Lipinski definition) is 1. The topological polar surface area (TPSA) is 76.9 Å². The highest BCUT2D eigenvalue weighted by molar-refractivity contribution is 6.05. The molecule has 2 aromatic heterocycles. The van der Waals surface area contributed by atoms with Crippen molar-refractivity contribution in [2.75, 3.05) is 12.4 Å². The molecule has 3 rings (SSSR count). The van der Waals surface area contributed by atoms with Gasteiger partial charge in [0.2, 0.25) is 0 Å². The van der Waals surface area contributed by atoms with Gasteiger partial charge in [0.05, 0.1) is 18.2 Å². The zero-order valence-corrected chi connectivity index (χ0v) is 12.9. The first-order chi connectivity index (χ1) is 11.6. The average molecular weight is 322 g/mol. The lowest BCUT2D eigenvalue weighted by Crippen LogP contribution is -2.24. The summed E-state index contributed by atoms with van der Waals surface area (Å²) in [7, 11) is 1.26. The van der Waals surface area contributed by atoms with Crippen molar-refractivity contribution in [3.8, 4) is 0 Å². The predicted octanol–water partition coefficient (Wildman–Crippen LogP) is 2.34. The van der Waals surface area contributed by atoms with Crippen LogP contribution in [-0.2, 0) is 4.74 Å². The number of anilines is 1. The number of rotatable bonds is 3. The van der Waals surface area contributed by atoms with Crippen LogP contribution in [0.1, 0.15) is 20.7 Å². The molecule has 0 aliphatic rings. The molecule has 1 aromatic carbocycles. The zero-order valence-electron chi connectivity index (χ0n) is 12.9. The normalized spacial score (nSPS) is 10.4. The van der Waals surface area contributed by atoms with E-state index in [9.17, 15) is 14.4 Å². The first-order valence-corrected chi connectivity index (χ1v) is 7.21. The maximum atomic E-state index is 12.6. The largest absolute Gasteiger partial charge is 0.465 e. The Bertz CT molecular complexity index is 977. The predicted molar refractivity (Wildman–Crippen MR) is 89.4 cm³/mol. The van der Waals surface area contributed by atoms with Gasteiger partial charge in [-0.15, -0.1) is 0 Å². The van der Waals surface area contributed by atoms with Gasteiger partial charge in [-0.2, -0.15) is 0 Å². The standard InChI is InChI=1S/C18H14N2O4/c1-24-18(23)13-11-14(17(22)20-10-6-5-9-15(13)20)19-16(21)12-7-3-2-4-8-12/h2-11H,1H3,(H,19,21). The maximum Gasteiger partial charge on any atom is 0.340 e. The molecule has 0 fully saturated rings. The summed E-state index contributed by atoms with van der Waals surface area (Å²) in [5, 5.41) is 2.56. The summed E-state index contributed by atoms with van der Waals surface area (Å²) in [4.78, 5) is 36.8. The van der Waals surface area contributed by atoms with Crippen molar-refractivity contribution in [2.24, 2.45) is 0 Å². The molecule has 24 heavy (non-hydrogen) atoms. The van der Waals surface area contributed by atoms with E-state index in [-0.39, 0.29) is 11.3 Å². The number of carbonyl (C=O) groups excluding carboxylic acids is 2. The number of aromatic nitrogens is 1. The van der Waals surface area contributed by atoms with Crippen LogP contribution in [0.2, 0.25) is 0 Å². The second-order valence-electron chi connectivity index (χ2n) is 5.04. The lowest BCUT2D eigenvalue weighted by Gasteiger charge is -2.10. The zero-order chi connectivity index (χ0) is 17.1. The molecule has 0 saturated carbocycles. The SMILES string of the molecule is COC(=O)c1cc(NC(=O)c2ccccc2)c(=O)n2ccccc12. The molecule has 0 atom stereocenters. The molecule has 0 aliphatic carbocycles. The fraction of sp³-hybridized carbons (Fsp3) is 0.0556. The van der Waals surface area contributed by atoms with Crippen LogP contribution in [-0.4, -0.2) is 23.4 Å². The summed E-state index contributed by atoms with van der Waals surface area (Å²) in [6.45, 7) is 0. The van der Waals surface area contributed by atoms with Gasteiger partial charge in [0.25, 0.3) is 11.5 Å². The molecule has 0 aliphatic heterocycles. The Morgan fingerprint density at radius 1 is 1.04 bits per heavy atom. The van der Waals surface area contributed by atoms with E-state index < -0.39 is 17.4 Å². The van der Waals surface area contributed by atoms with Crippen molar-refractivity contribution in [1.82, 2.24) is 4.40 Å². The number of carbonyl (C=O) groups is 2. The summed E-state index contributed by atoms with van der Waals surface area (Å²) in [6.07, 6.45) is 1.53. The third kappa shape index (κ3) is 2.77. The third-order valence-electron chi connectivity index (χ3n) is 3.56. The molecule has 0 unspecified atom stereocenters. The van der Waals surface area contributed by atoms with Crippen molar-refractivity contribution >= 4 is 23.1 Å². The number of methoxy groups -OCH3 is 1. The summed E-state index contributed by atoms with van der Waals surface area (Å²) < 4.78 is 6.06. The van der Waals surface area contributed by atoms with Gasteiger partial charge in [-0.3, -0.25) is 14.0 Å². The van der Waals surface area contributed by atoms with Gasteiger partial charge in [0, 0.05) is 11.8 Å². The minimum atomic E-state index is -0.589. The smallest absolute Gasteiger partial charge is 0.340 e. The number of amides is 1. The Morgan fingerprint density at radius 2 is 1.75 bits per heavy atom. The summed E-state index contributed by atoms with van der Waals surface area (Å²) >= 11 is 0. The van der Waals surface area contributed by atoms with Gasteiger partial charge in [0.1, 0.15) is 5.69 Å². The van der Waals surface area contributed by atoms with Gasteiger partial charge in [-0.1, -0.05) is 24.3 Å². The fourth-order valence-electron chi connectivity index (χ4n) is 2.40. The fourth-order valence-corrected chi connectivity index (χ4v) is 2.40. The lowest BCUT2D eigenvalue weighted by molar-refractivity contribution is 0.0602. The van der Waals surface area contributed by atoms with Crippen LogP contribution < -0.4 is 10.9 Å². The number of benzene rings is 1. The highest BCUT2D eigenvalue weighted by Crippen LogP contribution is 2.15. The monoisotopic (exact) mass is 322 g/mol. The van der Waals surface area contributed by atoms with Crippen LogP contribution in [0.5, 0.6) is 0 Å². The van der Waals surface area contributed by atoms with Crippen LogP contribution in [0.4, 0.5) is 5.69 Å². The van der Waals surface area contributed by atoms with Gasteiger partial charge >= 0.3 is 5.97 Å². The molecule has 0 spiro atoms. The second-order valence-corrected chi connectivity index (χ2v) is 5.04.